The fourth-order valence-corrected chi connectivity index (χ4v) is 5.08. The number of carbonyl (C=O) groups excluding carboxylic acids is 1. The number of rotatable bonds is 3. The lowest BCUT2D eigenvalue weighted by molar-refractivity contribution is -0.129. The maximum absolute atomic E-state index is 12.1. The molecule has 0 radical (unpaired) electrons. The van der Waals surface area contributed by atoms with Gasteiger partial charge in [-0.2, -0.15) is 0 Å². The Balaban J connectivity index is 1.69. The van der Waals surface area contributed by atoms with Crippen molar-refractivity contribution in [2.24, 2.45) is 11.1 Å². The summed E-state index contributed by atoms with van der Waals surface area (Å²) in [5.41, 5.74) is 6.77. The molecule has 1 aliphatic carbocycles. The molecule has 1 aliphatic heterocycles. The number of aryl methyl sites for hydroxylation is 1. The molecule has 2 aliphatic rings. The van der Waals surface area contributed by atoms with Crippen LogP contribution in [0, 0.1) is 5.92 Å². The number of hydrogen-bond acceptors (Lipinski definition) is 6. The lowest BCUT2D eigenvalue weighted by atomic mass is 9.96. The van der Waals surface area contributed by atoms with Crippen LogP contribution in [0.4, 0.5) is 5.13 Å². The van der Waals surface area contributed by atoms with Gasteiger partial charge >= 0.3 is 0 Å². The Hall–Kier alpha value is -1.19. The quantitative estimate of drug-likeness (QED) is 0.790. The van der Waals surface area contributed by atoms with Gasteiger partial charge in [0.15, 0.2) is 5.13 Å². The van der Waals surface area contributed by atoms with Crippen LogP contribution in [0.2, 0.25) is 0 Å². The molecule has 0 aromatic carbocycles. The number of anilines is 1. The second-order valence-electron chi connectivity index (χ2n) is 5.76. The van der Waals surface area contributed by atoms with Crippen LogP contribution in [-0.4, -0.2) is 42.5 Å². The van der Waals surface area contributed by atoms with Gasteiger partial charge in [-0.3, -0.25) is 4.79 Å². The fraction of sp³-hybridized carbons (Fsp3) is 0.667. The average Bonchev–Trinajstić information content (AvgIpc) is 2.88. The second-order valence-corrected chi connectivity index (χ2v) is 8.54. The van der Waals surface area contributed by atoms with Crippen molar-refractivity contribution in [3.05, 3.63) is 10.6 Å². The Labute approximate surface area is 127 Å². The smallest absolute Gasteiger partial charge is 0.223 e. The van der Waals surface area contributed by atoms with Crippen LogP contribution in [-0.2, 0) is 27.7 Å². The molecule has 1 saturated heterocycles. The maximum atomic E-state index is 12.1. The number of aromatic nitrogens is 1. The number of hydrogen-bond donors (Lipinski definition) is 2. The largest absolute Gasteiger partial charge is 0.375 e. The van der Waals surface area contributed by atoms with Gasteiger partial charge in [0, 0.05) is 36.2 Å². The molecule has 0 saturated carbocycles. The van der Waals surface area contributed by atoms with E-state index in [1.165, 1.54) is 11.3 Å². The van der Waals surface area contributed by atoms with Gasteiger partial charge in [-0.15, -0.1) is 11.3 Å². The number of fused-ring (bicyclic) bond motifs is 1. The summed E-state index contributed by atoms with van der Waals surface area (Å²) in [5.74, 6) is -0.296. The van der Waals surface area contributed by atoms with E-state index in [0.717, 1.165) is 29.8 Å². The summed E-state index contributed by atoms with van der Waals surface area (Å²) in [4.78, 5) is 19.4. The van der Waals surface area contributed by atoms with Crippen LogP contribution in [0.25, 0.3) is 0 Å². The van der Waals surface area contributed by atoms with Crippen LogP contribution in [0.15, 0.2) is 0 Å². The summed E-state index contributed by atoms with van der Waals surface area (Å²) in [6, 6.07) is 0.121. The van der Waals surface area contributed by atoms with Crippen molar-refractivity contribution >= 4 is 32.4 Å². The van der Waals surface area contributed by atoms with Gasteiger partial charge in [-0.25, -0.2) is 18.5 Å². The minimum absolute atomic E-state index is 0.0228. The number of thiazole rings is 1. The first-order valence-electron chi connectivity index (χ1n) is 6.86. The van der Waals surface area contributed by atoms with E-state index in [9.17, 15) is 13.2 Å². The summed E-state index contributed by atoms with van der Waals surface area (Å²) >= 11 is 1.48. The predicted octanol–water partition coefficient (Wildman–Crippen LogP) is -0.280. The van der Waals surface area contributed by atoms with Crippen molar-refractivity contribution in [3.63, 3.8) is 0 Å². The van der Waals surface area contributed by atoms with E-state index in [-0.39, 0.29) is 30.0 Å². The molecule has 0 bridgehead atoms. The molecular weight excluding hydrogens is 312 g/mol. The number of nitrogens with zero attached hydrogens (tertiary/aromatic N) is 2. The molecule has 9 heteroatoms. The van der Waals surface area contributed by atoms with Crippen molar-refractivity contribution in [1.29, 1.82) is 0 Å². The molecule has 1 amide bonds. The molecule has 1 unspecified atom stereocenters. The highest BCUT2D eigenvalue weighted by molar-refractivity contribution is 7.89. The van der Waals surface area contributed by atoms with E-state index in [2.05, 4.69) is 4.98 Å². The predicted molar refractivity (Wildman–Crippen MR) is 80.1 cm³/mol. The fourth-order valence-electron chi connectivity index (χ4n) is 3.25. The zero-order chi connectivity index (χ0) is 15.2. The van der Waals surface area contributed by atoms with Crippen LogP contribution in [0.3, 0.4) is 0 Å². The molecule has 1 fully saturated rings. The van der Waals surface area contributed by atoms with Crippen molar-refractivity contribution in [1.82, 2.24) is 9.88 Å². The Morgan fingerprint density at radius 3 is 2.86 bits per heavy atom. The molecule has 0 spiro atoms. The molecule has 1 aromatic rings. The summed E-state index contributed by atoms with van der Waals surface area (Å²) in [7, 11) is -3.53. The first-order chi connectivity index (χ1) is 9.82. The van der Waals surface area contributed by atoms with Crippen molar-refractivity contribution in [3.8, 4) is 0 Å². The number of nitrogens with two attached hydrogens (primary N) is 2. The van der Waals surface area contributed by atoms with E-state index in [1.54, 1.807) is 0 Å². The van der Waals surface area contributed by atoms with Gasteiger partial charge < -0.3 is 10.6 Å². The lowest BCUT2D eigenvalue weighted by Crippen LogP contribution is -2.40. The molecule has 2 heterocycles. The number of nitrogen functional groups attached to an aromatic ring is 1. The van der Waals surface area contributed by atoms with Crippen LogP contribution >= 0.6 is 11.3 Å². The van der Waals surface area contributed by atoms with Crippen molar-refractivity contribution < 1.29 is 13.2 Å². The van der Waals surface area contributed by atoms with Crippen LogP contribution in [0.1, 0.15) is 23.4 Å². The zero-order valence-electron chi connectivity index (χ0n) is 11.5. The van der Waals surface area contributed by atoms with Crippen LogP contribution < -0.4 is 10.9 Å². The lowest BCUT2D eigenvalue weighted by Gasteiger charge is -2.30. The first kappa shape index (κ1) is 14.7. The molecule has 21 heavy (non-hydrogen) atoms. The zero-order valence-corrected chi connectivity index (χ0v) is 13.1. The minimum atomic E-state index is -3.53. The van der Waals surface area contributed by atoms with Gasteiger partial charge in [0.2, 0.25) is 15.9 Å². The molecule has 2 atom stereocenters. The maximum Gasteiger partial charge on any atom is 0.223 e. The minimum Gasteiger partial charge on any atom is -0.375 e. The second kappa shape index (κ2) is 5.22. The molecule has 3 rings (SSSR count). The Bertz CT molecular complexity index is 670. The van der Waals surface area contributed by atoms with E-state index < -0.39 is 10.0 Å². The van der Waals surface area contributed by atoms with E-state index >= 15 is 0 Å². The number of amides is 1. The van der Waals surface area contributed by atoms with Gasteiger partial charge in [-0.05, 0) is 12.8 Å². The van der Waals surface area contributed by atoms with Crippen molar-refractivity contribution in [2.75, 3.05) is 18.0 Å². The van der Waals surface area contributed by atoms with E-state index in [1.807, 2.05) is 4.90 Å². The Kier molecular flexibility index (Phi) is 3.66. The highest BCUT2D eigenvalue weighted by Gasteiger charge is 2.37. The topological polar surface area (TPSA) is 119 Å². The molecule has 1 aromatic heterocycles. The molecular formula is C12H18N4O3S2. The Morgan fingerprint density at radius 2 is 2.14 bits per heavy atom. The standard InChI is InChI=1S/C12H18N4O3S2/c13-12-15-9-2-1-8(4-10(9)20-12)16-5-7(3-11(16)17)6-21(14,18)19/h7-8H,1-6H2,(H2,13,15)(H2,14,18,19)/t7?,8-/m0/s1. The Morgan fingerprint density at radius 1 is 1.38 bits per heavy atom. The SMILES string of the molecule is Nc1nc2c(s1)C[C@@H](N1CC(CS(N)(=O)=O)CC1=O)CC2. The molecule has 4 N–H and O–H groups in total. The van der Waals surface area contributed by atoms with Gasteiger partial charge in [-0.1, -0.05) is 0 Å². The summed E-state index contributed by atoms with van der Waals surface area (Å²) in [6.07, 6.45) is 2.70. The van der Waals surface area contributed by atoms with E-state index in [4.69, 9.17) is 10.9 Å². The number of sulfonamides is 1. The number of carbonyl (C=O) groups is 1. The normalized spacial score (nSPS) is 26.1. The first-order valence-corrected chi connectivity index (χ1v) is 9.39. The van der Waals surface area contributed by atoms with Crippen molar-refractivity contribution in [2.45, 2.75) is 31.7 Å². The van der Waals surface area contributed by atoms with Gasteiger partial charge in [0.05, 0.1) is 11.4 Å². The third-order valence-corrected chi connectivity index (χ3v) is 5.96. The van der Waals surface area contributed by atoms with Crippen LogP contribution in [0.5, 0.6) is 0 Å². The summed E-state index contributed by atoms with van der Waals surface area (Å²) in [5, 5.41) is 5.64. The van der Waals surface area contributed by atoms with Gasteiger partial charge in [0.1, 0.15) is 0 Å². The highest BCUT2D eigenvalue weighted by atomic mass is 32.2. The number of likely N-dealkylation sites (tertiary alicyclic amines) is 1. The van der Waals surface area contributed by atoms with Gasteiger partial charge in [0.25, 0.3) is 0 Å². The number of primary sulfonamides is 1. The average molecular weight is 330 g/mol. The van der Waals surface area contributed by atoms with E-state index in [0.29, 0.717) is 11.7 Å². The molecule has 7 nitrogen and oxygen atoms in total. The summed E-state index contributed by atoms with van der Waals surface area (Å²) in [6.45, 7) is 0.476. The summed E-state index contributed by atoms with van der Waals surface area (Å²) < 4.78 is 22.3. The third-order valence-electron chi connectivity index (χ3n) is 4.08. The molecule has 116 valence electrons. The third kappa shape index (κ3) is 3.19. The monoisotopic (exact) mass is 330 g/mol. The highest BCUT2D eigenvalue weighted by Crippen LogP contribution is 2.32.